The van der Waals surface area contributed by atoms with Crippen LogP contribution in [0, 0.1) is 5.92 Å². The van der Waals surface area contributed by atoms with Gasteiger partial charge in [-0.2, -0.15) is 0 Å². The molecule has 3 saturated heterocycles. The normalized spacial score (nSPS) is 24.3. The third-order valence-corrected chi connectivity index (χ3v) is 10.3. The number of hydrogen-bond donors (Lipinski definition) is 3. The predicted molar refractivity (Wildman–Crippen MR) is 192 cm³/mol. The molecular weight excluding hydrogens is 632 g/mol. The van der Waals surface area contributed by atoms with E-state index in [1.165, 1.54) is 38.8 Å². The average Bonchev–Trinajstić information content (AvgIpc) is 3.83. The fourth-order valence-electron chi connectivity index (χ4n) is 7.50. The number of likely N-dealkylation sites (tertiary alicyclic amines) is 2. The van der Waals surface area contributed by atoms with Gasteiger partial charge in [0.25, 0.3) is 0 Å². The first kappa shape index (κ1) is 36.0. The van der Waals surface area contributed by atoms with Crippen molar-refractivity contribution in [3.8, 4) is 11.1 Å². The van der Waals surface area contributed by atoms with Crippen LogP contribution in [-0.2, 0) is 32.2 Å². The molecule has 3 N–H and O–H groups in total. The molecule has 3 aromatic rings. The number of esters is 1. The van der Waals surface area contributed by atoms with E-state index in [2.05, 4.69) is 69.8 Å². The number of amides is 2. The minimum Gasteiger partial charge on any atom is -0.465 e. The van der Waals surface area contributed by atoms with Crippen molar-refractivity contribution in [2.75, 3.05) is 45.9 Å². The van der Waals surface area contributed by atoms with Gasteiger partial charge >= 0.3 is 12.0 Å². The molecule has 3 fully saturated rings. The van der Waals surface area contributed by atoms with Crippen molar-refractivity contribution >= 4 is 12.0 Å². The second-order valence-electron chi connectivity index (χ2n) is 13.8. The minimum absolute atomic E-state index is 0.00974. The zero-order valence-corrected chi connectivity index (χ0v) is 29.4. The monoisotopic (exact) mass is 684 g/mol. The Hall–Kier alpha value is -3.80. The molecule has 50 heavy (non-hydrogen) atoms. The lowest BCUT2D eigenvalue weighted by molar-refractivity contribution is -0.276. The molecule has 5 atom stereocenters. The van der Waals surface area contributed by atoms with E-state index >= 15 is 0 Å². The second kappa shape index (κ2) is 17.4. The zero-order valence-electron chi connectivity index (χ0n) is 29.4. The van der Waals surface area contributed by atoms with Gasteiger partial charge in [0.05, 0.1) is 25.4 Å². The number of rotatable bonds is 13. The van der Waals surface area contributed by atoms with E-state index in [-0.39, 0.29) is 37.9 Å². The lowest BCUT2D eigenvalue weighted by Crippen LogP contribution is -2.48. The first-order valence-electron chi connectivity index (χ1n) is 18.2. The molecule has 2 amide bonds. The molecular formula is C40H52N4O6. The third-order valence-electron chi connectivity index (χ3n) is 10.3. The van der Waals surface area contributed by atoms with Gasteiger partial charge in [-0.15, -0.1) is 0 Å². The van der Waals surface area contributed by atoms with Crippen LogP contribution in [-0.4, -0.2) is 84.9 Å². The maximum Gasteiger partial charge on any atom is 0.325 e. The summed E-state index contributed by atoms with van der Waals surface area (Å²) in [7, 11) is 0. The molecule has 268 valence electrons. The highest BCUT2D eigenvalue weighted by atomic mass is 16.7. The first-order chi connectivity index (χ1) is 24.4. The lowest BCUT2D eigenvalue weighted by atomic mass is 9.89. The topological polar surface area (TPSA) is 113 Å². The van der Waals surface area contributed by atoms with Gasteiger partial charge in [-0.25, -0.2) is 4.79 Å². The number of aliphatic hydroxyl groups excluding tert-OH is 1. The van der Waals surface area contributed by atoms with E-state index in [0.717, 1.165) is 53.0 Å². The van der Waals surface area contributed by atoms with Crippen molar-refractivity contribution in [3.63, 3.8) is 0 Å². The van der Waals surface area contributed by atoms with E-state index in [4.69, 9.17) is 14.2 Å². The molecule has 0 spiro atoms. The van der Waals surface area contributed by atoms with Gasteiger partial charge in [0.1, 0.15) is 6.54 Å². The van der Waals surface area contributed by atoms with Crippen molar-refractivity contribution in [2.45, 2.75) is 77.2 Å². The van der Waals surface area contributed by atoms with Crippen LogP contribution in [0.5, 0.6) is 0 Å². The molecule has 0 saturated carbocycles. The minimum atomic E-state index is -0.550. The van der Waals surface area contributed by atoms with Crippen LogP contribution in [0.1, 0.15) is 74.2 Å². The SMILES string of the molecule is CCOC(=O)CNC(=O)NCc1cccc(-c2cccc(C3OC(CN4CCCC4CN4CCCC4)C(C)C(c4ccc(CO)cc4)O3)c2)c1. The van der Waals surface area contributed by atoms with Crippen LogP contribution in [0.25, 0.3) is 11.1 Å². The van der Waals surface area contributed by atoms with Gasteiger partial charge < -0.3 is 34.9 Å². The number of urea groups is 1. The molecule has 0 bridgehead atoms. The van der Waals surface area contributed by atoms with Gasteiger partial charge in [-0.05, 0) is 92.2 Å². The zero-order chi connectivity index (χ0) is 34.9. The number of carbonyl (C=O) groups is 2. The Kier molecular flexibility index (Phi) is 12.5. The van der Waals surface area contributed by atoms with Gasteiger partial charge in [0, 0.05) is 37.2 Å². The van der Waals surface area contributed by atoms with Crippen LogP contribution in [0.15, 0.2) is 72.8 Å². The number of nitrogens with zero attached hydrogens (tertiary/aromatic N) is 2. The highest BCUT2D eigenvalue weighted by Crippen LogP contribution is 2.43. The maximum absolute atomic E-state index is 12.2. The molecule has 3 aliphatic rings. The van der Waals surface area contributed by atoms with Crippen molar-refractivity contribution in [1.29, 1.82) is 0 Å². The largest absolute Gasteiger partial charge is 0.465 e. The summed E-state index contributed by atoms with van der Waals surface area (Å²) in [6.45, 7) is 9.91. The van der Waals surface area contributed by atoms with Crippen LogP contribution in [0.3, 0.4) is 0 Å². The summed E-state index contributed by atoms with van der Waals surface area (Å²) in [4.78, 5) is 29.1. The Morgan fingerprint density at radius 1 is 0.860 bits per heavy atom. The summed E-state index contributed by atoms with van der Waals surface area (Å²) in [5.74, 6) is -0.346. The Labute approximate surface area is 296 Å². The molecule has 3 aromatic carbocycles. The lowest BCUT2D eigenvalue weighted by Gasteiger charge is -2.43. The van der Waals surface area contributed by atoms with Crippen LogP contribution >= 0.6 is 0 Å². The maximum atomic E-state index is 12.2. The second-order valence-corrected chi connectivity index (χ2v) is 13.8. The van der Waals surface area contributed by atoms with Gasteiger partial charge in [-0.3, -0.25) is 9.69 Å². The number of ether oxygens (including phenoxy) is 3. The summed E-state index contributed by atoms with van der Waals surface area (Å²) >= 11 is 0. The molecule has 5 unspecified atom stereocenters. The smallest absolute Gasteiger partial charge is 0.325 e. The standard InChI is InChI=1S/C40H52N4O6/c1-3-48-37(46)24-42-40(47)41-23-30-9-6-10-32(21-30)33-11-7-12-34(22-33)39-49-36(26-44-20-8-13-35(44)25-43-18-4-5-19-43)28(2)38(50-39)31-16-14-29(27-45)15-17-31/h6-7,9-12,14-17,21-22,28,35-36,38-39,45H,3-5,8,13,18-20,23-27H2,1-2H3,(H2,41,42,47). The van der Waals surface area contributed by atoms with Crippen LogP contribution in [0.2, 0.25) is 0 Å². The molecule has 0 radical (unpaired) electrons. The summed E-state index contributed by atoms with van der Waals surface area (Å²) in [5, 5.41) is 15.0. The Bertz CT molecular complexity index is 1560. The van der Waals surface area contributed by atoms with Gasteiger partial charge in [-0.1, -0.05) is 67.6 Å². The van der Waals surface area contributed by atoms with E-state index in [0.29, 0.717) is 12.6 Å². The van der Waals surface area contributed by atoms with E-state index < -0.39 is 18.3 Å². The number of benzene rings is 3. The van der Waals surface area contributed by atoms with Crippen molar-refractivity contribution in [1.82, 2.24) is 20.4 Å². The number of carbonyl (C=O) groups excluding carboxylic acids is 2. The van der Waals surface area contributed by atoms with Crippen LogP contribution in [0.4, 0.5) is 4.79 Å². The fraction of sp³-hybridized carbons (Fsp3) is 0.500. The van der Waals surface area contributed by atoms with Crippen molar-refractivity contribution in [2.24, 2.45) is 5.92 Å². The molecule has 3 aliphatic heterocycles. The third kappa shape index (κ3) is 9.30. The summed E-state index contributed by atoms with van der Waals surface area (Å²) in [6, 6.07) is 24.6. The number of nitrogens with one attached hydrogen (secondary N) is 2. The fourth-order valence-corrected chi connectivity index (χ4v) is 7.50. The van der Waals surface area contributed by atoms with E-state index in [1.807, 2.05) is 30.3 Å². The quantitative estimate of drug-likeness (QED) is 0.201. The molecule has 0 aliphatic carbocycles. The van der Waals surface area contributed by atoms with Gasteiger partial charge in [0.15, 0.2) is 6.29 Å². The Morgan fingerprint density at radius 2 is 1.62 bits per heavy atom. The molecule has 3 heterocycles. The molecule has 10 heteroatoms. The summed E-state index contributed by atoms with van der Waals surface area (Å²) < 4.78 is 18.6. The summed E-state index contributed by atoms with van der Waals surface area (Å²) in [5.41, 5.74) is 5.88. The highest BCUT2D eigenvalue weighted by Gasteiger charge is 2.41. The predicted octanol–water partition coefficient (Wildman–Crippen LogP) is 5.56. The molecule has 0 aromatic heterocycles. The first-order valence-corrected chi connectivity index (χ1v) is 18.2. The Morgan fingerprint density at radius 3 is 2.38 bits per heavy atom. The van der Waals surface area contributed by atoms with E-state index in [1.54, 1.807) is 6.92 Å². The summed E-state index contributed by atoms with van der Waals surface area (Å²) in [6.07, 6.45) is 4.33. The number of hydrogen-bond acceptors (Lipinski definition) is 8. The van der Waals surface area contributed by atoms with Crippen LogP contribution < -0.4 is 10.6 Å². The number of aliphatic hydroxyl groups is 1. The molecule has 10 nitrogen and oxygen atoms in total. The Balaban J connectivity index is 1.18. The van der Waals surface area contributed by atoms with Crippen molar-refractivity contribution < 1.29 is 28.9 Å². The molecule has 6 rings (SSSR count). The van der Waals surface area contributed by atoms with Gasteiger partial charge in [0.2, 0.25) is 0 Å². The highest BCUT2D eigenvalue weighted by molar-refractivity contribution is 5.80. The van der Waals surface area contributed by atoms with Crippen molar-refractivity contribution in [3.05, 3.63) is 95.1 Å². The average molecular weight is 685 g/mol. The van der Waals surface area contributed by atoms with E-state index in [9.17, 15) is 14.7 Å².